The van der Waals surface area contributed by atoms with Gasteiger partial charge < -0.3 is 9.72 Å². The molecule has 0 aliphatic rings. The SMILES string of the molecule is O=c1[nH][nH]c(=COc2cccc(Cl)c2)c1=Cc1c[nH]c2ccccc12. The third-order valence-corrected chi connectivity index (χ3v) is 4.11. The number of hydrogen-bond donors (Lipinski definition) is 3. The summed E-state index contributed by atoms with van der Waals surface area (Å²) >= 11 is 5.94. The van der Waals surface area contributed by atoms with E-state index in [1.54, 1.807) is 24.3 Å². The van der Waals surface area contributed by atoms with E-state index in [-0.39, 0.29) is 5.56 Å². The van der Waals surface area contributed by atoms with Crippen molar-refractivity contribution in [3.63, 3.8) is 0 Å². The summed E-state index contributed by atoms with van der Waals surface area (Å²) in [4.78, 5) is 15.3. The van der Waals surface area contributed by atoms with Gasteiger partial charge in [-0.2, -0.15) is 0 Å². The molecule has 0 fully saturated rings. The second-order valence-electron chi connectivity index (χ2n) is 5.53. The summed E-state index contributed by atoms with van der Waals surface area (Å²) in [6.07, 6.45) is 5.18. The summed E-state index contributed by atoms with van der Waals surface area (Å²) in [7, 11) is 0. The first-order chi connectivity index (χ1) is 12.2. The number of nitrogens with one attached hydrogen (secondary N) is 3. The van der Waals surface area contributed by atoms with Crippen LogP contribution in [0.2, 0.25) is 5.02 Å². The maximum absolute atomic E-state index is 12.1. The van der Waals surface area contributed by atoms with Crippen LogP contribution in [0.5, 0.6) is 5.75 Å². The Morgan fingerprint density at radius 3 is 2.80 bits per heavy atom. The molecule has 4 aromatic rings. The van der Waals surface area contributed by atoms with Crippen LogP contribution in [0, 0.1) is 0 Å². The second kappa shape index (κ2) is 6.37. The van der Waals surface area contributed by atoms with Crippen LogP contribution in [-0.2, 0) is 0 Å². The van der Waals surface area contributed by atoms with Crippen molar-refractivity contribution in [2.75, 3.05) is 0 Å². The van der Waals surface area contributed by atoms with Gasteiger partial charge in [-0.15, -0.1) is 0 Å². The van der Waals surface area contributed by atoms with Crippen LogP contribution in [0.1, 0.15) is 5.56 Å². The third kappa shape index (κ3) is 3.09. The van der Waals surface area contributed by atoms with Gasteiger partial charge in [0.05, 0.1) is 5.22 Å². The summed E-state index contributed by atoms with van der Waals surface area (Å²) in [6, 6.07) is 15.0. The highest BCUT2D eigenvalue weighted by atomic mass is 35.5. The molecule has 0 amide bonds. The van der Waals surface area contributed by atoms with Crippen LogP contribution in [-0.4, -0.2) is 15.2 Å². The van der Waals surface area contributed by atoms with E-state index in [1.165, 1.54) is 6.26 Å². The van der Waals surface area contributed by atoms with E-state index in [0.29, 0.717) is 21.3 Å². The van der Waals surface area contributed by atoms with Gasteiger partial charge in [0.25, 0.3) is 5.56 Å². The van der Waals surface area contributed by atoms with Gasteiger partial charge in [0, 0.05) is 27.7 Å². The number of ether oxygens (including phenoxy) is 1. The number of benzene rings is 2. The van der Waals surface area contributed by atoms with Gasteiger partial charge >= 0.3 is 0 Å². The summed E-state index contributed by atoms with van der Waals surface area (Å²) in [5.41, 5.74) is 1.73. The smallest absolute Gasteiger partial charge is 0.271 e. The van der Waals surface area contributed by atoms with Gasteiger partial charge in [-0.3, -0.25) is 15.0 Å². The highest BCUT2D eigenvalue weighted by molar-refractivity contribution is 6.30. The van der Waals surface area contributed by atoms with E-state index in [0.717, 1.165) is 16.5 Å². The van der Waals surface area contributed by atoms with Gasteiger partial charge in [-0.05, 0) is 30.3 Å². The normalized spacial score (nSPS) is 12.8. The zero-order valence-corrected chi connectivity index (χ0v) is 13.8. The standard InChI is InChI=1S/C19H14ClN3O2/c20-13-4-3-5-14(9-13)25-11-18-16(19(24)23-22-18)8-12-10-21-17-7-2-1-6-15(12)17/h1-11,21-22H,(H,23,24). The van der Waals surface area contributed by atoms with Crippen LogP contribution in [0.25, 0.3) is 23.2 Å². The molecule has 3 N–H and O–H groups in total. The predicted octanol–water partition coefficient (Wildman–Crippen LogP) is 2.48. The summed E-state index contributed by atoms with van der Waals surface area (Å²) in [6.45, 7) is 0. The van der Waals surface area contributed by atoms with E-state index in [1.807, 2.05) is 36.5 Å². The molecule has 4 rings (SSSR count). The molecular formula is C19H14ClN3O2. The van der Waals surface area contributed by atoms with Crippen molar-refractivity contribution in [2.24, 2.45) is 0 Å². The zero-order chi connectivity index (χ0) is 17.2. The topological polar surface area (TPSA) is 73.7 Å². The molecule has 0 bridgehead atoms. The predicted molar refractivity (Wildman–Crippen MR) is 99.1 cm³/mol. The lowest BCUT2D eigenvalue weighted by Gasteiger charge is -1.98. The third-order valence-electron chi connectivity index (χ3n) is 3.88. The molecule has 2 aromatic heterocycles. The Kier molecular flexibility index (Phi) is 3.91. The Hall–Kier alpha value is -3.18. The zero-order valence-electron chi connectivity index (χ0n) is 13.0. The number of aromatic nitrogens is 3. The summed E-state index contributed by atoms with van der Waals surface area (Å²) < 4.78 is 5.61. The van der Waals surface area contributed by atoms with Crippen LogP contribution in [0.3, 0.4) is 0 Å². The Morgan fingerprint density at radius 2 is 1.92 bits per heavy atom. The lowest BCUT2D eigenvalue weighted by molar-refractivity contribution is 0.537. The molecule has 6 heteroatoms. The number of para-hydroxylation sites is 1. The number of rotatable bonds is 3. The van der Waals surface area contributed by atoms with E-state index >= 15 is 0 Å². The molecule has 0 radical (unpaired) electrons. The van der Waals surface area contributed by atoms with Gasteiger partial charge in [-0.1, -0.05) is 35.9 Å². The first-order valence-corrected chi connectivity index (χ1v) is 8.05. The van der Waals surface area contributed by atoms with Gasteiger partial charge in [-0.25, -0.2) is 0 Å². The maximum atomic E-state index is 12.1. The number of fused-ring (bicyclic) bond motifs is 1. The van der Waals surface area contributed by atoms with E-state index in [4.69, 9.17) is 16.3 Å². The van der Waals surface area contributed by atoms with Crippen LogP contribution in [0.4, 0.5) is 0 Å². The van der Waals surface area contributed by atoms with Crippen LogP contribution < -0.4 is 20.9 Å². The highest BCUT2D eigenvalue weighted by Crippen LogP contribution is 2.18. The molecule has 2 heterocycles. The van der Waals surface area contributed by atoms with Crippen molar-refractivity contribution >= 4 is 34.8 Å². The Balaban J connectivity index is 1.80. The summed E-state index contributed by atoms with van der Waals surface area (Å²) in [5.74, 6) is 0.590. The van der Waals surface area contributed by atoms with Gasteiger partial charge in [0.2, 0.25) is 0 Å². The first-order valence-electron chi connectivity index (χ1n) is 7.68. The van der Waals surface area contributed by atoms with Crippen molar-refractivity contribution in [3.05, 3.63) is 86.2 Å². The molecule has 0 aliphatic heterocycles. The van der Waals surface area contributed by atoms with Crippen LogP contribution in [0.15, 0.2) is 59.5 Å². The Bertz CT molecular complexity index is 1220. The van der Waals surface area contributed by atoms with Crippen LogP contribution >= 0.6 is 11.6 Å². The van der Waals surface area contributed by atoms with Crippen molar-refractivity contribution in [2.45, 2.75) is 0 Å². The molecule has 0 saturated carbocycles. The fraction of sp³-hybridized carbons (Fsp3) is 0. The quantitative estimate of drug-likeness (QED) is 0.530. The van der Waals surface area contributed by atoms with E-state index in [9.17, 15) is 4.79 Å². The fourth-order valence-corrected chi connectivity index (χ4v) is 2.83. The van der Waals surface area contributed by atoms with Crippen molar-refractivity contribution in [1.29, 1.82) is 0 Å². The average Bonchev–Trinajstić information content (AvgIpc) is 3.18. The number of halogens is 1. The van der Waals surface area contributed by atoms with E-state index < -0.39 is 0 Å². The summed E-state index contributed by atoms with van der Waals surface area (Å²) in [5, 5.41) is 8.09. The highest BCUT2D eigenvalue weighted by Gasteiger charge is 2.02. The minimum atomic E-state index is -0.216. The van der Waals surface area contributed by atoms with E-state index in [2.05, 4.69) is 15.2 Å². The average molecular weight is 352 g/mol. The first kappa shape index (κ1) is 15.4. The minimum Gasteiger partial charge on any atom is -0.463 e. The molecule has 25 heavy (non-hydrogen) atoms. The molecule has 0 atom stereocenters. The molecule has 0 aliphatic carbocycles. The molecule has 5 nitrogen and oxygen atoms in total. The Morgan fingerprint density at radius 1 is 1.04 bits per heavy atom. The molecular weight excluding hydrogens is 338 g/mol. The largest absolute Gasteiger partial charge is 0.463 e. The Labute approximate surface area is 147 Å². The molecule has 0 unspecified atom stereocenters. The second-order valence-corrected chi connectivity index (χ2v) is 5.97. The number of H-pyrrole nitrogens is 3. The number of aromatic amines is 3. The van der Waals surface area contributed by atoms with Crippen molar-refractivity contribution in [1.82, 2.24) is 15.2 Å². The number of hydrogen-bond acceptors (Lipinski definition) is 2. The van der Waals surface area contributed by atoms with Gasteiger partial charge in [0.15, 0.2) is 0 Å². The monoisotopic (exact) mass is 351 g/mol. The molecule has 0 saturated heterocycles. The minimum absolute atomic E-state index is 0.216. The lowest BCUT2D eigenvalue weighted by Crippen LogP contribution is -2.33. The molecule has 2 aromatic carbocycles. The fourth-order valence-electron chi connectivity index (χ4n) is 2.65. The van der Waals surface area contributed by atoms with Crippen molar-refractivity contribution in [3.8, 4) is 5.75 Å². The maximum Gasteiger partial charge on any atom is 0.271 e. The van der Waals surface area contributed by atoms with Gasteiger partial charge in [0.1, 0.15) is 17.4 Å². The molecule has 0 spiro atoms. The van der Waals surface area contributed by atoms with Crippen molar-refractivity contribution < 1.29 is 4.74 Å². The lowest BCUT2D eigenvalue weighted by atomic mass is 10.1. The molecule has 124 valence electrons.